The van der Waals surface area contributed by atoms with Crippen molar-refractivity contribution in [2.45, 2.75) is 31.9 Å². The zero-order chi connectivity index (χ0) is 12.3. The molecule has 17 heavy (non-hydrogen) atoms. The summed E-state index contributed by atoms with van der Waals surface area (Å²) in [6, 6.07) is 4.25. The topological polar surface area (TPSA) is 51.6 Å². The summed E-state index contributed by atoms with van der Waals surface area (Å²) in [6.07, 6.45) is 2.56. The van der Waals surface area contributed by atoms with Crippen molar-refractivity contribution in [3.8, 4) is 0 Å². The fourth-order valence-electron chi connectivity index (χ4n) is 2.50. The molecule has 1 fully saturated rings. The lowest BCUT2D eigenvalue weighted by Gasteiger charge is -2.35. The number of hydrogen-bond donors (Lipinski definition) is 1. The quantitative estimate of drug-likeness (QED) is 0.867. The number of nitrogens with zero attached hydrogens (tertiary/aromatic N) is 1. The van der Waals surface area contributed by atoms with Crippen LogP contribution in [0.3, 0.4) is 0 Å². The molecule has 96 valence electrons. The van der Waals surface area contributed by atoms with E-state index in [0.29, 0.717) is 12.6 Å². The van der Waals surface area contributed by atoms with Crippen molar-refractivity contribution in [1.82, 2.24) is 4.90 Å². The Morgan fingerprint density at radius 2 is 2.18 bits per heavy atom. The fraction of sp³-hybridized carbons (Fsp3) is 0.692. The Kier molecular flexibility index (Phi) is 4.20. The average molecular weight is 238 g/mol. The van der Waals surface area contributed by atoms with Crippen LogP contribution < -0.4 is 5.73 Å². The van der Waals surface area contributed by atoms with Crippen molar-refractivity contribution < 1.29 is 9.15 Å². The highest BCUT2D eigenvalue weighted by molar-refractivity contribution is 5.10. The van der Waals surface area contributed by atoms with E-state index in [1.807, 2.05) is 19.1 Å². The molecule has 0 saturated carbocycles. The molecule has 0 aliphatic carbocycles. The van der Waals surface area contributed by atoms with Crippen molar-refractivity contribution in [2.75, 3.05) is 26.7 Å². The minimum Gasteiger partial charge on any atom is -0.465 e. The second kappa shape index (κ2) is 5.67. The van der Waals surface area contributed by atoms with E-state index in [1.54, 1.807) is 7.11 Å². The van der Waals surface area contributed by atoms with E-state index >= 15 is 0 Å². The van der Waals surface area contributed by atoms with Crippen LogP contribution in [0.25, 0.3) is 0 Å². The van der Waals surface area contributed by atoms with Crippen LogP contribution in [0.4, 0.5) is 0 Å². The van der Waals surface area contributed by atoms with E-state index in [4.69, 9.17) is 14.9 Å². The first-order chi connectivity index (χ1) is 8.24. The first-order valence-corrected chi connectivity index (χ1v) is 6.28. The Bertz CT molecular complexity index is 343. The smallest absolute Gasteiger partial charge is 0.122 e. The average Bonchev–Trinajstić information content (AvgIpc) is 2.78. The van der Waals surface area contributed by atoms with Gasteiger partial charge in [0.2, 0.25) is 0 Å². The number of rotatable bonds is 4. The van der Waals surface area contributed by atoms with Crippen molar-refractivity contribution in [1.29, 1.82) is 0 Å². The van der Waals surface area contributed by atoms with E-state index < -0.39 is 0 Å². The summed E-state index contributed by atoms with van der Waals surface area (Å²) in [5.74, 6) is 1.94. The summed E-state index contributed by atoms with van der Waals surface area (Å²) in [6.45, 7) is 4.62. The minimum absolute atomic E-state index is 0.210. The van der Waals surface area contributed by atoms with Crippen LogP contribution in [0.1, 0.15) is 30.4 Å². The molecule has 1 unspecified atom stereocenters. The molecule has 0 aromatic carbocycles. The monoisotopic (exact) mass is 238 g/mol. The molecule has 2 heterocycles. The van der Waals surface area contributed by atoms with Gasteiger partial charge in [-0.3, -0.25) is 4.90 Å². The van der Waals surface area contributed by atoms with E-state index in [-0.39, 0.29) is 6.04 Å². The van der Waals surface area contributed by atoms with Crippen LogP contribution in [0.15, 0.2) is 16.5 Å². The minimum atomic E-state index is 0.210. The Balaban J connectivity index is 2.00. The number of piperidine rings is 1. The Hall–Kier alpha value is -0.840. The van der Waals surface area contributed by atoms with Crippen LogP contribution in [0.2, 0.25) is 0 Å². The standard InChI is InChI=1S/C13H22N2O2/c1-10-3-4-13(17-10)12(9-14)15-7-5-11(16-2)6-8-15/h3-4,11-12H,5-9,14H2,1-2H3. The second-order valence-corrected chi connectivity index (χ2v) is 4.67. The van der Waals surface area contributed by atoms with E-state index in [2.05, 4.69) is 4.90 Å². The van der Waals surface area contributed by atoms with Crippen LogP contribution in [-0.2, 0) is 4.74 Å². The molecule has 1 aliphatic rings. The van der Waals surface area contributed by atoms with Gasteiger partial charge in [0.1, 0.15) is 11.5 Å². The zero-order valence-corrected chi connectivity index (χ0v) is 10.7. The predicted molar refractivity (Wildman–Crippen MR) is 66.8 cm³/mol. The number of likely N-dealkylation sites (tertiary alicyclic amines) is 1. The molecule has 4 nitrogen and oxygen atoms in total. The summed E-state index contributed by atoms with van der Waals surface area (Å²) < 4.78 is 11.1. The maximum absolute atomic E-state index is 5.88. The van der Waals surface area contributed by atoms with Gasteiger partial charge in [0, 0.05) is 26.7 Å². The highest BCUT2D eigenvalue weighted by Gasteiger charge is 2.26. The molecule has 0 spiro atoms. The lowest BCUT2D eigenvalue weighted by molar-refractivity contribution is 0.0247. The lowest BCUT2D eigenvalue weighted by Crippen LogP contribution is -2.41. The van der Waals surface area contributed by atoms with Gasteiger partial charge in [0.25, 0.3) is 0 Å². The number of methoxy groups -OCH3 is 1. The third kappa shape index (κ3) is 2.89. The van der Waals surface area contributed by atoms with Gasteiger partial charge in [-0.05, 0) is 31.9 Å². The van der Waals surface area contributed by atoms with Crippen LogP contribution in [0, 0.1) is 6.92 Å². The summed E-state index contributed by atoms with van der Waals surface area (Å²) in [5, 5.41) is 0. The van der Waals surface area contributed by atoms with Gasteiger partial charge in [-0.1, -0.05) is 0 Å². The van der Waals surface area contributed by atoms with Crippen LogP contribution >= 0.6 is 0 Å². The summed E-state index contributed by atoms with van der Waals surface area (Å²) in [7, 11) is 1.79. The molecule has 0 bridgehead atoms. The Morgan fingerprint density at radius 3 is 2.65 bits per heavy atom. The maximum atomic E-state index is 5.88. The molecule has 1 atom stereocenters. The molecule has 2 N–H and O–H groups in total. The molecule has 1 aliphatic heterocycles. The van der Waals surface area contributed by atoms with Gasteiger partial charge in [0.05, 0.1) is 12.1 Å². The normalized spacial score (nSPS) is 20.6. The number of furan rings is 1. The van der Waals surface area contributed by atoms with Gasteiger partial charge in [0.15, 0.2) is 0 Å². The SMILES string of the molecule is COC1CCN(C(CN)c2ccc(C)o2)CC1. The summed E-state index contributed by atoms with van der Waals surface area (Å²) in [5.41, 5.74) is 5.88. The van der Waals surface area contributed by atoms with E-state index in [1.165, 1.54) is 0 Å². The van der Waals surface area contributed by atoms with E-state index in [0.717, 1.165) is 37.5 Å². The van der Waals surface area contributed by atoms with E-state index in [9.17, 15) is 0 Å². The predicted octanol–water partition coefficient (Wildman–Crippen LogP) is 1.70. The number of aryl methyl sites for hydroxylation is 1. The number of ether oxygens (including phenoxy) is 1. The van der Waals surface area contributed by atoms with Crippen molar-refractivity contribution in [3.05, 3.63) is 23.7 Å². The third-order valence-corrected chi connectivity index (χ3v) is 3.56. The van der Waals surface area contributed by atoms with Crippen LogP contribution in [0.5, 0.6) is 0 Å². The second-order valence-electron chi connectivity index (χ2n) is 4.67. The Morgan fingerprint density at radius 1 is 1.47 bits per heavy atom. The van der Waals surface area contributed by atoms with Crippen LogP contribution in [-0.4, -0.2) is 37.7 Å². The first kappa shape index (κ1) is 12.6. The van der Waals surface area contributed by atoms with Crippen molar-refractivity contribution in [3.63, 3.8) is 0 Å². The molecular weight excluding hydrogens is 216 g/mol. The fourth-order valence-corrected chi connectivity index (χ4v) is 2.50. The molecule has 1 aromatic heterocycles. The lowest BCUT2D eigenvalue weighted by atomic mass is 10.0. The van der Waals surface area contributed by atoms with Gasteiger partial charge in [-0.15, -0.1) is 0 Å². The largest absolute Gasteiger partial charge is 0.465 e. The number of hydrogen-bond acceptors (Lipinski definition) is 4. The maximum Gasteiger partial charge on any atom is 0.122 e. The molecule has 2 rings (SSSR count). The van der Waals surface area contributed by atoms with Crippen molar-refractivity contribution in [2.24, 2.45) is 5.73 Å². The van der Waals surface area contributed by atoms with Gasteiger partial charge >= 0.3 is 0 Å². The first-order valence-electron chi connectivity index (χ1n) is 6.28. The molecular formula is C13H22N2O2. The Labute approximate surface area is 103 Å². The van der Waals surface area contributed by atoms with Gasteiger partial charge in [-0.25, -0.2) is 0 Å². The summed E-state index contributed by atoms with van der Waals surface area (Å²) in [4.78, 5) is 2.40. The third-order valence-electron chi connectivity index (χ3n) is 3.56. The van der Waals surface area contributed by atoms with Gasteiger partial charge < -0.3 is 14.9 Å². The van der Waals surface area contributed by atoms with Crippen molar-refractivity contribution >= 4 is 0 Å². The molecule has 1 aromatic rings. The molecule has 0 amide bonds. The highest BCUT2D eigenvalue weighted by atomic mass is 16.5. The molecule has 4 heteroatoms. The van der Waals surface area contributed by atoms with Gasteiger partial charge in [-0.2, -0.15) is 0 Å². The molecule has 0 radical (unpaired) electrons. The highest BCUT2D eigenvalue weighted by Crippen LogP contribution is 2.25. The molecule has 1 saturated heterocycles. The number of nitrogens with two attached hydrogens (primary N) is 1. The summed E-state index contributed by atoms with van der Waals surface area (Å²) >= 11 is 0. The zero-order valence-electron chi connectivity index (χ0n) is 10.7.